The number of rotatable bonds is 6. The van der Waals surface area contributed by atoms with Gasteiger partial charge in [0.25, 0.3) is 0 Å². The van der Waals surface area contributed by atoms with E-state index < -0.39 is 5.82 Å². The van der Waals surface area contributed by atoms with Gasteiger partial charge >= 0.3 is 0 Å². The fourth-order valence-corrected chi connectivity index (χ4v) is 2.82. The first-order chi connectivity index (χ1) is 12.3. The maximum atomic E-state index is 13.6. The molecule has 0 spiro atoms. The largest absolute Gasteiger partial charge is 0.326 e. The van der Waals surface area contributed by atoms with Gasteiger partial charge < -0.3 is 16.0 Å². The van der Waals surface area contributed by atoms with Crippen LogP contribution >= 0.6 is 23.2 Å². The number of amides is 2. The van der Waals surface area contributed by atoms with Crippen LogP contribution in [0.25, 0.3) is 0 Å². The highest BCUT2D eigenvalue weighted by atomic mass is 35.5. The van der Waals surface area contributed by atoms with Gasteiger partial charge in [0, 0.05) is 29.4 Å². The quantitative estimate of drug-likeness (QED) is 0.633. The maximum Gasteiger partial charge on any atom is 0.238 e. The summed E-state index contributed by atoms with van der Waals surface area (Å²) in [7, 11) is 0. The Bertz CT molecular complexity index is 813. The van der Waals surface area contributed by atoms with Crippen molar-refractivity contribution in [3.05, 3.63) is 57.8 Å². The van der Waals surface area contributed by atoms with E-state index in [0.29, 0.717) is 22.0 Å². The lowest BCUT2D eigenvalue weighted by molar-refractivity contribution is -0.115. The number of carbonyl (C=O) groups is 2. The number of nitrogens with one attached hydrogen (secondary N) is 3. The van der Waals surface area contributed by atoms with Gasteiger partial charge in [0.05, 0.1) is 11.6 Å². The fourth-order valence-electron chi connectivity index (χ4n) is 2.27. The molecule has 0 aliphatic rings. The summed E-state index contributed by atoms with van der Waals surface area (Å²) < 4.78 is 13.6. The predicted octanol–water partition coefficient (Wildman–Crippen LogP) is 4.38. The van der Waals surface area contributed by atoms with Crippen LogP contribution in [0.5, 0.6) is 0 Å². The molecule has 0 fully saturated rings. The van der Waals surface area contributed by atoms with Gasteiger partial charge in [-0.05, 0) is 48.9 Å². The van der Waals surface area contributed by atoms with Gasteiger partial charge in [-0.3, -0.25) is 9.59 Å². The van der Waals surface area contributed by atoms with Crippen LogP contribution < -0.4 is 16.0 Å². The van der Waals surface area contributed by atoms with Crippen molar-refractivity contribution >= 4 is 46.4 Å². The average Bonchev–Trinajstić information content (AvgIpc) is 2.57. The van der Waals surface area contributed by atoms with Crippen LogP contribution in [-0.4, -0.2) is 18.4 Å². The zero-order valence-electron chi connectivity index (χ0n) is 14.2. The second kappa shape index (κ2) is 8.98. The molecule has 0 aromatic heterocycles. The summed E-state index contributed by atoms with van der Waals surface area (Å²) in [6.45, 7) is 3.20. The maximum absolute atomic E-state index is 13.6. The molecule has 2 aromatic carbocycles. The first-order valence-electron chi connectivity index (χ1n) is 7.81. The van der Waals surface area contributed by atoms with Crippen LogP contribution in [0.2, 0.25) is 10.0 Å². The summed E-state index contributed by atoms with van der Waals surface area (Å²) in [6, 6.07) is 8.97. The molecular formula is C18H18Cl2FN3O2. The molecule has 138 valence electrons. The molecule has 0 bridgehead atoms. The lowest BCUT2D eigenvalue weighted by atomic mass is 10.1. The van der Waals surface area contributed by atoms with E-state index in [1.807, 2.05) is 0 Å². The molecule has 8 heteroatoms. The summed E-state index contributed by atoms with van der Waals surface area (Å²) in [6.07, 6.45) is 0. The van der Waals surface area contributed by atoms with E-state index in [2.05, 4.69) is 16.0 Å². The minimum Gasteiger partial charge on any atom is -0.326 e. The molecule has 2 rings (SSSR count). The molecule has 3 N–H and O–H groups in total. The van der Waals surface area contributed by atoms with E-state index in [-0.39, 0.29) is 29.4 Å². The third kappa shape index (κ3) is 5.69. The van der Waals surface area contributed by atoms with Gasteiger partial charge in [-0.25, -0.2) is 4.39 Å². The van der Waals surface area contributed by atoms with Gasteiger partial charge in [0.1, 0.15) is 5.82 Å². The van der Waals surface area contributed by atoms with E-state index in [0.717, 1.165) is 0 Å². The number of carbonyl (C=O) groups excluding carboxylic acids is 2. The molecule has 5 nitrogen and oxygen atoms in total. The summed E-state index contributed by atoms with van der Waals surface area (Å²) in [5, 5.41) is 8.62. The Morgan fingerprint density at radius 3 is 2.19 bits per heavy atom. The zero-order valence-corrected chi connectivity index (χ0v) is 15.7. The number of hydrogen-bond acceptors (Lipinski definition) is 3. The van der Waals surface area contributed by atoms with Crippen molar-refractivity contribution in [3.63, 3.8) is 0 Å². The van der Waals surface area contributed by atoms with E-state index in [4.69, 9.17) is 23.2 Å². The van der Waals surface area contributed by atoms with Crippen LogP contribution in [0.1, 0.15) is 25.5 Å². The van der Waals surface area contributed by atoms with Crippen molar-refractivity contribution in [1.82, 2.24) is 5.32 Å². The van der Waals surface area contributed by atoms with Crippen molar-refractivity contribution in [2.24, 2.45) is 0 Å². The molecular weight excluding hydrogens is 380 g/mol. The Hall–Kier alpha value is -2.15. The van der Waals surface area contributed by atoms with Gasteiger partial charge in [0.15, 0.2) is 0 Å². The predicted molar refractivity (Wildman–Crippen MR) is 102 cm³/mol. The summed E-state index contributed by atoms with van der Waals surface area (Å²) >= 11 is 11.8. The number of hydrogen-bond donors (Lipinski definition) is 3. The summed E-state index contributed by atoms with van der Waals surface area (Å²) in [5.74, 6) is -1.00. The summed E-state index contributed by atoms with van der Waals surface area (Å²) in [4.78, 5) is 23.0. The van der Waals surface area contributed by atoms with E-state index in [1.54, 1.807) is 31.2 Å². The topological polar surface area (TPSA) is 70.2 Å². The third-order valence-corrected chi connectivity index (χ3v) is 4.18. The van der Waals surface area contributed by atoms with Crippen molar-refractivity contribution in [1.29, 1.82) is 0 Å². The minimum atomic E-state index is -0.566. The summed E-state index contributed by atoms with van der Waals surface area (Å²) in [5.41, 5.74) is 1.75. The Morgan fingerprint density at radius 1 is 1.04 bits per heavy atom. The van der Waals surface area contributed by atoms with Crippen molar-refractivity contribution in [2.45, 2.75) is 19.9 Å². The highest BCUT2D eigenvalue weighted by molar-refractivity contribution is 6.35. The monoisotopic (exact) mass is 397 g/mol. The minimum absolute atomic E-state index is 0.00912. The molecule has 0 radical (unpaired) electrons. The number of benzene rings is 2. The molecule has 0 saturated carbocycles. The first-order valence-corrected chi connectivity index (χ1v) is 8.57. The van der Waals surface area contributed by atoms with Gasteiger partial charge in [-0.15, -0.1) is 0 Å². The van der Waals surface area contributed by atoms with Crippen LogP contribution in [0, 0.1) is 5.82 Å². The third-order valence-electron chi connectivity index (χ3n) is 3.56. The Balaban J connectivity index is 1.90. The van der Waals surface area contributed by atoms with E-state index in [9.17, 15) is 14.0 Å². The van der Waals surface area contributed by atoms with Crippen LogP contribution in [0.15, 0.2) is 36.4 Å². The van der Waals surface area contributed by atoms with Crippen molar-refractivity contribution in [3.8, 4) is 0 Å². The average molecular weight is 398 g/mol. The van der Waals surface area contributed by atoms with Crippen molar-refractivity contribution in [2.75, 3.05) is 17.2 Å². The zero-order chi connectivity index (χ0) is 19.3. The Kier molecular flexibility index (Phi) is 6.97. The highest BCUT2D eigenvalue weighted by Gasteiger charge is 2.14. The molecule has 26 heavy (non-hydrogen) atoms. The SMILES string of the molecule is CC(=O)Nc1ccc(NC(=O)CN[C@@H](C)c2cc(F)c(Cl)cc2Cl)cc1. The van der Waals surface area contributed by atoms with Crippen LogP contribution in [0.4, 0.5) is 15.8 Å². The second-order valence-electron chi connectivity index (χ2n) is 5.70. The van der Waals surface area contributed by atoms with Crippen molar-refractivity contribution < 1.29 is 14.0 Å². The molecule has 0 aliphatic heterocycles. The Labute approximate surface area is 160 Å². The lowest BCUT2D eigenvalue weighted by Crippen LogP contribution is -2.30. The standard InChI is InChI=1S/C18H18Cl2FN3O2/c1-10(14-7-17(21)16(20)8-15(14)19)22-9-18(26)24-13-5-3-12(4-6-13)23-11(2)25/h3-8,10,22H,9H2,1-2H3,(H,23,25)(H,24,26)/t10-/m0/s1. The van der Waals surface area contributed by atoms with E-state index in [1.165, 1.54) is 19.1 Å². The first kappa shape index (κ1) is 20.2. The molecule has 0 aliphatic carbocycles. The van der Waals surface area contributed by atoms with Crippen LogP contribution in [0.3, 0.4) is 0 Å². The van der Waals surface area contributed by atoms with Crippen LogP contribution in [-0.2, 0) is 9.59 Å². The fraction of sp³-hybridized carbons (Fsp3) is 0.222. The second-order valence-corrected chi connectivity index (χ2v) is 6.51. The molecule has 2 amide bonds. The van der Waals surface area contributed by atoms with Gasteiger partial charge in [0.2, 0.25) is 11.8 Å². The molecule has 2 aromatic rings. The molecule has 0 saturated heterocycles. The molecule has 0 heterocycles. The van der Waals surface area contributed by atoms with E-state index >= 15 is 0 Å². The molecule has 1 atom stereocenters. The molecule has 0 unspecified atom stereocenters. The number of halogens is 3. The highest BCUT2D eigenvalue weighted by Crippen LogP contribution is 2.28. The van der Waals surface area contributed by atoms with Gasteiger partial charge in [-0.2, -0.15) is 0 Å². The lowest BCUT2D eigenvalue weighted by Gasteiger charge is -2.16. The van der Waals surface area contributed by atoms with Gasteiger partial charge in [-0.1, -0.05) is 23.2 Å². The normalized spacial score (nSPS) is 11.7. The number of anilines is 2. The Morgan fingerprint density at radius 2 is 1.62 bits per heavy atom. The smallest absolute Gasteiger partial charge is 0.238 e.